The van der Waals surface area contributed by atoms with Gasteiger partial charge >= 0.3 is 0 Å². The SMILES string of the molecule is COc1c(F)cc(-c2cc(NCc3cccnc3)nc3[nH]ccc23)cc1F. The number of H-pyrrole nitrogens is 1. The molecule has 0 amide bonds. The summed E-state index contributed by atoms with van der Waals surface area (Å²) in [5.74, 6) is -1.32. The molecule has 0 saturated carbocycles. The van der Waals surface area contributed by atoms with Crippen molar-refractivity contribution in [1.29, 1.82) is 0 Å². The first-order valence-corrected chi connectivity index (χ1v) is 8.30. The number of hydrogen-bond donors (Lipinski definition) is 2. The van der Waals surface area contributed by atoms with E-state index in [2.05, 4.69) is 20.3 Å². The number of benzene rings is 1. The van der Waals surface area contributed by atoms with E-state index in [1.165, 1.54) is 19.2 Å². The third-order valence-electron chi connectivity index (χ3n) is 4.24. The summed E-state index contributed by atoms with van der Waals surface area (Å²) in [6.07, 6.45) is 5.20. The van der Waals surface area contributed by atoms with Crippen molar-refractivity contribution in [3.8, 4) is 16.9 Å². The Labute approximate surface area is 154 Å². The third-order valence-corrected chi connectivity index (χ3v) is 4.24. The molecule has 7 heteroatoms. The molecule has 0 spiro atoms. The highest BCUT2D eigenvalue weighted by Crippen LogP contribution is 2.34. The summed E-state index contributed by atoms with van der Waals surface area (Å²) in [6.45, 7) is 0.526. The van der Waals surface area contributed by atoms with Crippen molar-refractivity contribution >= 4 is 16.9 Å². The van der Waals surface area contributed by atoms with Gasteiger partial charge in [-0.05, 0) is 47.0 Å². The predicted molar refractivity (Wildman–Crippen MR) is 99.6 cm³/mol. The van der Waals surface area contributed by atoms with Gasteiger partial charge in [0, 0.05) is 30.5 Å². The van der Waals surface area contributed by atoms with Crippen LogP contribution in [0.3, 0.4) is 0 Å². The average Bonchev–Trinajstić information content (AvgIpc) is 3.15. The lowest BCUT2D eigenvalue weighted by molar-refractivity contribution is 0.360. The fourth-order valence-corrected chi connectivity index (χ4v) is 2.97. The van der Waals surface area contributed by atoms with Crippen LogP contribution in [-0.2, 0) is 6.54 Å². The van der Waals surface area contributed by atoms with Crippen LogP contribution >= 0.6 is 0 Å². The molecule has 1 aromatic carbocycles. The minimum Gasteiger partial charge on any atom is -0.491 e. The molecule has 0 aliphatic carbocycles. The van der Waals surface area contributed by atoms with E-state index >= 15 is 0 Å². The summed E-state index contributed by atoms with van der Waals surface area (Å²) in [4.78, 5) is 11.6. The minimum absolute atomic E-state index is 0.395. The molecule has 0 bridgehead atoms. The Kier molecular flexibility index (Phi) is 4.42. The van der Waals surface area contributed by atoms with Gasteiger partial charge in [0.1, 0.15) is 11.5 Å². The second kappa shape index (κ2) is 7.03. The number of ether oxygens (including phenoxy) is 1. The number of methoxy groups -OCH3 is 1. The maximum atomic E-state index is 14.2. The van der Waals surface area contributed by atoms with Gasteiger partial charge in [0.25, 0.3) is 0 Å². The van der Waals surface area contributed by atoms with E-state index in [0.717, 1.165) is 10.9 Å². The van der Waals surface area contributed by atoms with Crippen molar-refractivity contribution in [1.82, 2.24) is 15.0 Å². The van der Waals surface area contributed by atoms with E-state index in [1.807, 2.05) is 18.2 Å². The van der Waals surface area contributed by atoms with Crippen molar-refractivity contribution in [2.75, 3.05) is 12.4 Å². The number of aromatic amines is 1. The molecule has 0 aliphatic rings. The fraction of sp³-hybridized carbons (Fsp3) is 0.100. The number of pyridine rings is 2. The normalized spacial score (nSPS) is 10.9. The molecule has 136 valence electrons. The standard InChI is InChI=1S/C20H16F2N4O/c1-27-19-16(21)7-13(8-17(19)22)15-9-18(26-20-14(15)4-6-24-20)25-11-12-3-2-5-23-10-12/h2-10H,11H2,1H3,(H2,24,25,26). The molecule has 4 rings (SSSR count). The molecule has 5 nitrogen and oxygen atoms in total. The summed E-state index contributed by atoms with van der Waals surface area (Å²) in [6, 6.07) is 9.91. The highest BCUT2D eigenvalue weighted by Gasteiger charge is 2.15. The smallest absolute Gasteiger partial charge is 0.190 e. The average molecular weight is 366 g/mol. The van der Waals surface area contributed by atoms with Gasteiger partial charge in [0.2, 0.25) is 0 Å². The topological polar surface area (TPSA) is 62.8 Å². The Hall–Kier alpha value is -3.48. The third kappa shape index (κ3) is 3.31. The van der Waals surface area contributed by atoms with Gasteiger partial charge in [-0.2, -0.15) is 0 Å². The highest BCUT2D eigenvalue weighted by atomic mass is 19.1. The Morgan fingerprint density at radius 3 is 2.67 bits per heavy atom. The van der Waals surface area contributed by atoms with Crippen molar-refractivity contribution < 1.29 is 13.5 Å². The maximum absolute atomic E-state index is 14.2. The van der Waals surface area contributed by atoms with E-state index in [1.54, 1.807) is 24.7 Å². The number of aromatic nitrogens is 3. The van der Waals surface area contributed by atoms with E-state index in [-0.39, 0.29) is 0 Å². The largest absolute Gasteiger partial charge is 0.491 e. The lowest BCUT2D eigenvalue weighted by atomic mass is 10.0. The van der Waals surface area contributed by atoms with Gasteiger partial charge < -0.3 is 15.0 Å². The number of hydrogen-bond acceptors (Lipinski definition) is 4. The summed E-state index contributed by atoms with van der Waals surface area (Å²) in [5.41, 5.74) is 2.68. The zero-order valence-corrected chi connectivity index (χ0v) is 14.5. The number of halogens is 2. The van der Waals surface area contributed by atoms with Crippen LogP contribution in [0.1, 0.15) is 5.56 Å². The monoisotopic (exact) mass is 366 g/mol. The summed E-state index contributed by atoms with van der Waals surface area (Å²) in [7, 11) is 1.23. The molecule has 3 heterocycles. The molecule has 0 radical (unpaired) electrons. The molecule has 0 atom stereocenters. The van der Waals surface area contributed by atoms with Crippen molar-refractivity contribution in [3.63, 3.8) is 0 Å². The van der Waals surface area contributed by atoms with Gasteiger partial charge in [0.15, 0.2) is 17.4 Å². The van der Waals surface area contributed by atoms with Crippen LogP contribution in [-0.4, -0.2) is 22.1 Å². The molecule has 0 fully saturated rings. The second-order valence-corrected chi connectivity index (χ2v) is 5.98. The molecular weight excluding hydrogens is 350 g/mol. The molecule has 27 heavy (non-hydrogen) atoms. The van der Waals surface area contributed by atoms with Crippen LogP contribution in [0.25, 0.3) is 22.2 Å². The molecular formula is C20H16F2N4O. The zero-order valence-electron chi connectivity index (χ0n) is 14.5. The van der Waals surface area contributed by atoms with Gasteiger partial charge in [-0.25, -0.2) is 13.8 Å². The lowest BCUT2D eigenvalue weighted by Crippen LogP contribution is -2.02. The second-order valence-electron chi connectivity index (χ2n) is 5.98. The number of rotatable bonds is 5. The van der Waals surface area contributed by atoms with Crippen molar-refractivity contribution in [2.24, 2.45) is 0 Å². The first-order chi connectivity index (χ1) is 13.2. The van der Waals surface area contributed by atoms with Crippen LogP contribution in [0.4, 0.5) is 14.6 Å². The fourth-order valence-electron chi connectivity index (χ4n) is 2.97. The summed E-state index contributed by atoms with van der Waals surface area (Å²) >= 11 is 0. The highest BCUT2D eigenvalue weighted by molar-refractivity contribution is 5.94. The molecule has 2 N–H and O–H groups in total. The number of anilines is 1. The predicted octanol–water partition coefficient (Wildman–Crippen LogP) is 4.52. The van der Waals surface area contributed by atoms with Crippen LogP contribution in [0, 0.1) is 11.6 Å². The van der Waals surface area contributed by atoms with Gasteiger partial charge in [-0.3, -0.25) is 4.98 Å². The van der Waals surface area contributed by atoms with E-state index in [4.69, 9.17) is 4.74 Å². The van der Waals surface area contributed by atoms with Crippen LogP contribution in [0.5, 0.6) is 5.75 Å². The molecule has 0 saturated heterocycles. The first-order valence-electron chi connectivity index (χ1n) is 8.30. The van der Waals surface area contributed by atoms with E-state index in [0.29, 0.717) is 29.1 Å². The molecule has 0 aliphatic heterocycles. The molecule has 4 aromatic rings. The number of nitrogens with zero attached hydrogens (tertiary/aromatic N) is 2. The first kappa shape index (κ1) is 17.0. The molecule has 0 unspecified atom stereocenters. The molecule has 3 aromatic heterocycles. The van der Waals surface area contributed by atoms with E-state index < -0.39 is 17.4 Å². The maximum Gasteiger partial charge on any atom is 0.190 e. The minimum atomic E-state index is -0.752. The summed E-state index contributed by atoms with van der Waals surface area (Å²) in [5, 5.41) is 3.99. The van der Waals surface area contributed by atoms with E-state index in [9.17, 15) is 8.78 Å². The Morgan fingerprint density at radius 1 is 1.15 bits per heavy atom. The quantitative estimate of drug-likeness (QED) is 0.545. The van der Waals surface area contributed by atoms with Crippen LogP contribution in [0.15, 0.2) is 55.0 Å². The number of nitrogens with one attached hydrogen (secondary N) is 2. The lowest BCUT2D eigenvalue weighted by Gasteiger charge is -2.11. The van der Waals surface area contributed by atoms with Crippen LogP contribution in [0.2, 0.25) is 0 Å². The van der Waals surface area contributed by atoms with Gasteiger partial charge in [-0.15, -0.1) is 0 Å². The van der Waals surface area contributed by atoms with Crippen molar-refractivity contribution in [2.45, 2.75) is 6.54 Å². The summed E-state index contributed by atoms with van der Waals surface area (Å²) < 4.78 is 33.1. The van der Waals surface area contributed by atoms with Crippen LogP contribution < -0.4 is 10.1 Å². The van der Waals surface area contributed by atoms with Gasteiger partial charge in [0.05, 0.1) is 7.11 Å². The Morgan fingerprint density at radius 2 is 1.96 bits per heavy atom. The zero-order chi connectivity index (χ0) is 18.8. The van der Waals surface area contributed by atoms with Crippen molar-refractivity contribution in [3.05, 3.63) is 72.2 Å². The number of fused-ring (bicyclic) bond motifs is 1. The van der Waals surface area contributed by atoms with Gasteiger partial charge in [-0.1, -0.05) is 6.07 Å². The Balaban J connectivity index is 1.75. The Bertz CT molecular complexity index is 1070.